The number of hydrogen-bond donors (Lipinski definition) is 1. The van der Waals surface area contributed by atoms with Crippen molar-refractivity contribution in [2.24, 2.45) is 0 Å². The van der Waals surface area contributed by atoms with Crippen LogP contribution in [0, 0.1) is 12.3 Å². The van der Waals surface area contributed by atoms with Crippen molar-refractivity contribution < 1.29 is 19.1 Å². The van der Waals surface area contributed by atoms with E-state index in [4.69, 9.17) is 15.6 Å². The Kier molecular flexibility index (Phi) is 8.11. The summed E-state index contributed by atoms with van der Waals surface area (Å²) in [4.78, 5) is 12.5. The quantitative estimate of drug-likeness (QED) is 0.304. The minimum Gasteiger partial charge on any atom is -0.456 e. The van der Waals surface area contributed by atoms with E-state index in [0.717, 1.165) is 10.4 Å². The van der Waals surface area contributed by atoms with Crippen LogP contribution < -0.4 is 10.4 Å². The lowest BCUT2D eigenvalue weighted by atomic mass is 10.1. The molecule has 3 rings (SSSR count). The fourth-order valence-corrected chi connectivity index (χ4v) is 8.81. The molecule has 34 heavy (non-hydrogen) atoms. The Morgan fingerprint density at radius 3 is 1.74 bits per heavy atom. The van der Waals surface area contributed by atoms with E-state index in [1.807, 2.05) is 42.5 Å². The average Bonchev–Trinajstić information content (AvgIpc) is 2.85. The summed E-state index contributed by atoms with van der Waals surface area (Å²) in [6.07, 6.45) is 2.85. The average molecular weight is 473 g/mol. The van der Waals surface area contributed by atoms with Crippen molar-refractivity contribution in [2.45, 2.75) is 51.0 Å². The van der Waals surface area contributed by atoms with Gasteiger partial charge in [0.25, 0.3) is 8.32 Å². The first-order valence-corrected chi connectivity index (χ1v) is 13.3. The van der Waals surface area contributed by atoms with Crippen LogP contribution in [0.15, 0.2) is 91.0 Å². The van der Waals surface area contributed by atoms with E-state index < -0.39 is 32.6 Å². The number of terminal acetylenes is 1. The van der Waals surface area contributed by atoms with Gasteiger partial charge in [-0.15, -0.1) is 6.42 Å². The van der Waals surface area contributed by atoms with Gasteiger partial charge in [0.15, 0.2) is 0 Å². The van der Waals surface area contributed by atoms with E-state index in [-0.39, 0.29) is 5.04 Å². The molecule has 4 nitrogen and oxygen atoms in total. The second-order valence-electron chi connectivity index (χ2n) is 9.34. The predicted octanol–water partition coefficient (Wildman–Crippen LogP) is 4.17. The molecule has 0 aliphatic rings. The second kappa shape index (κ2) is 10.8. The zero-order chi connectivity index (χ0) is 24.8. The molecule has 3 aromatic carbocycles. The van der Waals surface area contributed by atoms with Crippen molar-refractivity contribution in [3.05, 3.63) is 96.6 Å². The number of benzene rings is 3. The third-order valence-corrected chi connectivity index (χ3v) is 11.0. The number of aliphatic hydroxyl groups excluding tert-OH is 1. The van der Waals surface area contributed by atoms with E-state index in [0.29, 0.717) is 5.56 Å². The highest BCUT2D eigenvalue weighted by Gasteiger charge is 2.52. The molecule has 0 spiro atoms. The Bertz CT molecular complexity index is 1060. The van der Waals surface area contributed by atoms with Gasteiger partial charge < -0.3 is 14.3 Å². The van der Waals surface area contributed by atoms with Crippen LogP contribution in [0.4, 0.5) is 0 Å². The zero-order valence-electron chi connectivity index (χ0n) is 20.1. The van der Waals surface area contributed by atoms with Gasteiger partial charge in [0, 0.05) is 0 Å². The summed E-state index contributed by atoms with van der Waals surface area (Å²) in [5.41, 5.74) is 0.409. The standard InChI is InChI=1S/C29H32O4Si/c1-6-26(27(30)22(2)32-28(31)23-16-10-7-11-17-23)33-34(29(3,4)5,24-18-12-8-13-19-24)25-20-14-9-15-21-25/h1,7-22,26-27,30H,2-5H3/t22-,26-,27-/m1/s1. The summed E-state index contributed by atoms with van der Waals surface area (Å²) in [5, 5.41) is 13.0. The van der Waals surface area contributed by atoms with Crippen LogP contribution in [-0.4, -0.2) is 37.7 Å². The molecule has 3 atom stereocenters. The van der Waals surface area contributed by atoms with Gasteiger partial charge >= 0.3 is 5.97 Å². The molecule has 0 amide bonds. The molecular weight excluding hydrogens is 440 g/mol. The summed E-state index contributed by atoms with van der Waals surface area (Å²) in [5.74, 6) is 2.11. The first kappa shape index (κ1) is 25.4. The first-order chi connectivity index (χ1) is 16.2. The maximum atomic E-state index is 12.5. The second-order valence-corrected chi connectivity index (χ2v) is 13.6. The van der Waals surface area contributed by atoms with Crippen LogP contribution in [0.25, 0.3) is 0 Å². The monoisotopic (exact) mass is 472 g/mol. The molecule has 0 saturated carbocycles. The highest BCUT2D eigenvalue weighted by atomic mass is 28.4. The third kappa shape index (κ3) is 5.31. The Hall–Kier alpha value is -3.17. The number of aliphatic hydroxyl groups is 1. The highest BCUT2D eigenvalue weighted by molar-refractivity contribution is 6.99. The SMILES string of the molecule is C#C[C@@H](O[Si](c1ccccc1)(c1ccccc1)C(C)(C)C)[C@H](O)[C@@H](C)OC(=O)c1ccccc1. The topological polar surface area (TPSA) is 55.8 Å². The van der Waals surface area contributed by atoms with E-state index in [1.54, 1.807) is 31.2 Å². The minimum absolute atomic E-state index is 0.311. The van der Waals surface area contributed by atoms with Crippen molar-refractivity contribution in [3.8, 4) is 12.3 Å². The smallest absolute Gasteiger partial charge is 0.338 e. The highest BCUT2D eigenvalue weighted by Crippen LogP contribution is 2.38. The summed E-state index contributed by atoms with van der Waals surface area (Å²) in [7, 11) is -2.99. The fraction of sp³-hybridized carbons (Fsp3) is 0.276. The van der Waals surface area contributed by atoms with Gasteiger partial charge in [0.2, 0.25) is 0 Å². The Balaban J connectivity index is 1.97. The molecule has 176 valence electrons. The lowest BCUT2D eigenvalue weighted by Crippen LogP contribution is -2.68. The molecule has 0 heterocycles. The maximum absolute atomic E-state index is 12.5. The number of carbonyl (C=O) groups is 1. The van der Waals surface area contributed by atoms with Gasteiger partial charge in [0.05, 0.1) is 5.56 Å². The Morgan fingerprint density at radius 2 is 1.32 bits per heavy atom. The molecule has 0 aliphatic heterocycles. The Labute approximate surface area is 203 Å². The molecule has 0 radical (unpaired) electrons. The lowest BCUT2D eigenvalue weighted by Gasteiger charge is -2.45. The third-order valence-electron chi connectivity index (χ3n) is 5.98. The largest absolute Gasteiger partial charge is 0.456 e. The molecular formula is C29H32O4Si. The van der Waals surface area contributed by atoms with Gasteiger partial charge in [-0.3, -0.25) is 0 Å². The van der Waals surface area contributed by atoms with Crippen LogP contribution >= 0.6 is 0 Å². The van der Waals surface area contributed by atoms with Gasteiger partial charge in [-0.25, -0.2) is 4.79 Å². The number of esters is 1. The number of carbonyl (C=O) groups excluding carboxylic acids is 1. The molecule has 0 saturated heterocycles. The number of ether oxygens (including phenoxy) is 1. The lowest BCUT2D eigenvalue weighted by molar-refractivity contribution is -0.0422. The van der Waals surface area contributed by atoms with E-state index in [9.17, 15) is 9.90 Å². The van der Waals surface area contributed by atoms with Gasteiger partial charge in [-0.05, 0) is 34.5 Å². The van der Waals surface area contributed by atoms with Gasteiger partial charge in [-0.1, -0.05) is 106 Å². The van der Waals surface area contributed by atoms with Crippen molar-refractivity contribution in [3.63, 3.8) is 0 Å². The minimum atomic E-state index is -2.99. The summed E-state index contributed by atoms with van der Waals surface area (Å²) < 4.78 is 12.4. The molecule has 1 N–H and O–H groups in total. The predicted molar refractivity (Wildman–Crippen MR) is 139 cm³/mol. The van der Waals surface area contributed by atoms with Crippen LogP contribution in [0.2, 0.25) is 5.04 Å². The van der Waals surface area contributed by atoms with Gasteiger partial charge in [0.1, 0.15) is 18.3 Å². The molecule has 0 unspecified atom stereocenters. The molecule has 3 aromatic rings. The fourth-order valence-electron chi connectivity index (χ4n) is 4.21. The van der Waals surface area contributed by atoms with Crippen molar-refractivity contribution in [1.82, 2.24) is 0 Å². The summed E-state index contributed by atoms with van der Waals surface area (Å²) in [6.45, 7) is 8.04. The molecule has 0 bridgehead atoms. The molecule has 0 fully saturated rings. The molecule has 5 heteroatoms. The van der Waals surface area contributed by atoms with Crippen molar-refractivity contribution in [1.29, 1.82) is 0 Å². The van der Waals surface area contributed by atoms with Crippen LogP contribution in [-0.2, 0) is 9.16 Å². The van der Waals surface area contributed by atoms with E-state index >= 15 is 0 Å². The van der Waals surface area contributed by atoms with E-state index in [1.165, 1.54) is 0 Å². The molecule has 0 aromatic heterocycles. The zero-order valence-corrected chi connectivity index (χ0v) is 21.1. The molecule has 0 aliphatic carbocycles. The summed E-state index contributed by atoms with van der Waals surface area (Å²) in [6, 6.07) is 28.8. The summed E-state index contributed by atoms with van der Waals surface area (Å²) >= 11 is 0. The van der Waals surface area contributed by atoms with Crippen LogP contribution in [0.5, 0.6) is 0 Å². The number of rotatable bonds is 8. The number of hydrogen-bond acceptors (Lipinski definition) is 4. The van der Waals surface area contributed by atoms with Crippen molar-refractivity contribution >= 4 is 24.7 Å². The maximum Gasteiger partial charge on any atom is 0.338 e. The van der Waals surface area contributed by atoms with Crippen molar-refractivity contribution in [2.75, 3.05) is 0 Å². The van der Waals surface area contributed by atoms with Crippen LogP contribution in [0.3, 0.4) is 0 Å². The first-order valence-electron chi connectivity index (χ1n) is 11.4. The normalized spacial score (nSPS) is 14.5. The van der Waals surface area contributed by atoms with E-state index in [2.05, 4.69) is 51.0 Å². The Morgan fingerprint density at radius 1 is 0.882 bits per heavy atom. The van der Waals surface area contributed by atoms with Crippen LogP contribution in [0.1, 0.15) is 38.1 Å². The van der Waals surface area contributed by atoms with Gasteiger partial charge in [-0.2, -0.15) is 0 Å².